The van der Waals surface area contributed by atoms with E-state index < -0.39 is 6.04 Å². The SMILES string of the molecule is CC1=C(C(=O)OC2CCC(C)CC2)C(c2ccc(Br)cc2)NC(=O)N1. The van der Waals surface area contributed by atoms with Crippen LogP contribution in [0.2, 0.25) is 0 Å². The molecule has 1 saturated carbocycles. The Bertz CT molecular complexity index is 691. The Labute approximate surface area is 156 Å². The van der Waals surface area contributed by atoms with E-state index >= 15 is 0 Å². The number of allylic oxidation sites excluding steroid dienone is 1. The second kappa shape index (κ2) is 7.60. The molecular weight excluding hydrogens is 384 g/mol. The Hall–Kier alpha value is -1.82. The molecule has 0 saturated heterocycles. The van der Waals surface area contributed by atoms with Crippen LogP contribution in [-0.2, 0) is 9.53 Å². The van der Waals surface area contributed by atoms with Gasteiger partial charge in [0.15, 0.2) is 0 Å². The molecule has 0 spiro atoms. The molecule has 1 heterocycles. The van der Waals surface area contributed by atoms with Crippen LogP contribution in [0, 0.1) is 5.92 Å². The maximum Gasteiger partial charge on any atom is 0.338 e. The van der Waals surface area contributed by atoms with E-state index in [0.29, 0.717) is 17.2 Å². The molecule has 3 rings (SSSR count). The number of benzene rings is 1. The highest BCUT2D eigenvalue weighted by atomic mass is 79.9. The molecule has 1 atom stereocenters. The van der Waals surface area contributed by atoms with Gasteiger partial charge in [0.1, 0.15) is 6.10 Å². The fourth-order valence-electron chi connectivity index (χ4n) is 3.43. The third-order valence-electron chi connectivity index (χ3n) is 4.93. The van der Waals surface area contributed by atoms with E-state index in [1.54, 1.807) is 6.92 Å². The van der Waals surface area contributed by atoms with E-state index in [1.807, 2.05) is 24.3 Å². The van der Waals surface area contributed by atoms with Gasteiger partial charge in [-0.25, -0.2) is 9.59 Å². The monoisotopic (exact) mass is 406 g/mol. The van der Waals surface area contributed by atoms with E-state index in [4.69, 9.17) is 4.74 Å². The molecule has 6 heteroatoms. The first-order chi connectivity index (χ1) is 11.9. The van der Waals surface area contributed by atoms with Crippen LogP contribution in [0.5, 0.6) is 0 Å². The average molecular weight is 407 g/mol. The summed E-state index contributed by atoms with van der Waals surface area (Å²) in [5.74, 6) is 0.347. The number of hydrogen-bond donors (Lipinski definition) is 2. The number of halogens is 1. The maximum atomic E-state index is 12.8. The molecule has 134 valence electrons. The van der Waals surface area contributed by atoms with Crippen molar-refractivity contribution >= 4 is 27.9 Å². The molecule has 1 aromatic carbocycles. The van der Waals surface area contributed by atoms with E-state index in [-0.39, 0.29) is 18.1 Å². The minimum atomic E-state index is -0.503. The standard InChI is InChI=1S/C19H23BrN2O3/c1-11-3-9-15(10-4-11)25-18(23)16-12(2)21-19(24)22-17(16)13-5-7-14(20)8-6-13/h5-8,11,15,17H,3-4,9-10H2,1-2H3,(H2,21,22,24). The summed E-state index contributed by atoms with van der Waals surface area (Å²) in [5, 5.41) is 5.52. The number of nitrogens with one attached hydrogen (secondary N) is 2. The second-order valence-electron chi connectivity index (χ2n) is 6.91. The van der Waals surface area contributed by atoms with Crippen molar-refractivity contribution in [3.63, 3.8) is 0 Å². The van der Waals surface area contributed by atoms with Crippen molar-refractivity contribution in [2.75, 3.05) is 0 Å². The number of ether oxygens (including phenoxy) is 1. The maximum absolute atomic E-state index is 12.8. The van der Waals surface area contributed by atoms with Gasteiger partial charge in [0, 0.05) is 10.2 Å². The van der Waals surface area contributed by atoms with Gasteiger partial charge in [-0.3, -0.25) is 0 Å². The fourth-order valence-corrected chi connectivity index (χ4v) is 3.70. The number of amides is 2. The van der Waals surface area contributed by atoms with Gasteiger partial charge in [-0.15, -0.1) is 0 Å². The van der Waals surface area contributed by atoms with Gasteiger partial charge >= 0.3 is 12.0 Å². The van der Waals surface area contributed by atoms with Gasteiger partial charge in [0.05, 0.1) is 11.6 Å². The van der Waals surface area contributed by atoms with Gasteiger partial charge in [0.2, 0.25) is 0 Å². The molecule has 2 aliphatic rings. The van der Waals surface area contributed by atoms with E-state index in [9.17, 15) is 9.59 Å². The first-order valence-electron chi connectivity index (χ1n) is 8.68. The normalized spacial score (nSPS) is 26.7. The smallest absolute Gasteiger partial charge is 0.338 e. The summed E-state index contributed by atoms with van der Waals surface area (Å²) in [5.41, 5.74) is 1.87. The third kappa shape index (κ3) is 4.24. The summed E-state index contributed by atoms with van der Waals surface area (Å²) in [7, 11) is 0. The lowest BCUT2D eigenvalue weighted by atomic mass is 9.89. The number of carbonyl (C=O) groups excluding carboxylic acids is 2. The predicted molar refractivity (Wildman–Crippen MR) is 98.8 cm³/mol. The summed E-state index contributed by atoms with van der Waals surface area (Å²) in [6, 6.07) is 6.76. The zero-order valence-electron chi connectivity index (χ0n) is 14.5. The van der Waals surface area contributed by atoms with E-state index in [1.165, 1.54) is 0 Å². The number of urea groups is 1. The van der Waals surface area contributed by atoms with Crippen molar-refractivity contribution in [1.82, 2.24) is 10.6 Å². The van der Waals surface area contributed by atoms with Crippen LogP contribution in [-0.4, -0.2) is 18.1 Å². The fraction of sp³-hybridized carbons (Fsp3) is 0.474. The van der Waals surface area contributed by atoms with Crippen molar-refractivity contribution < 1.29 is 14.3 Å². The minimum Gasteiger partial charge on any atom is -0.459 e. The summed E-state index contributed by atoms with van der Waals surface area (Å²) in [6.07, 6.45) is 3.94. The molecule has 5 nitrogen and oxygen atoms in total. The molecule has 1 aliphatic heterocycles. The van der Waals surface area contributed by atoms with Crippen molar-refractivity contribution in [3.8, 4) is 0 Å². The zero-order chi connectivity index (χ0) is 18.0. The summed E-state index contributed by atoms with van der Waals surface area (Å²) < 4.78 is 6.71. The van der Waals surface area contributed by atoms with Gasteiger partial charge in [-0.2, -0.15) is 0 Å². The highest BCUT2D eigenvalue weighted by Crippen LogP contribution is 2.31. The lowest BCUT2D eigenvalue weighted by molar-refractivity contribution is -0.146. The molecule has 0 aromatic heterocycles. The highest BCUT2D eigenvalue weighted by Gasteiger charge is 2.33. The zero-order valence-corrected chi connectivity index (χ0v) is 16.1. The Morgan fingerprint density at radius 2 is 1.80 bits per heavy atom. The highest BCUT2D eigenvalue weighted by molar-refractivity contribution is 9.10. The Morgan fingerprint density at radius 1 is 1.16 bits per heavy atom. The van der Waals surface area contributed by atoms with Crippen molar-refractivity contribution in [2.45, 2.75) is 51.7 Å². The third-order valence-corrected chi connectivity index (χ3v) is 5.46. The molecule has 1 aromatic rings. The van der Waals surface area contributed by atoms with Crippen LogP contribution < -0.4 is 10.6 Å². The minimum absolute atomic E-state index is 0.0350. The van der Waals surface area contributed by atoms with Gasteiger partial charge in [-0.05, 0) is 56.2 Å². The number of esters is 1. The second-order valence-corrected chi connectivity index (χ2v) is 7.82. The molecule has 1 aliphatic carbocycles. The van der Waals surface area contributed by atoms with Crippen LogP contribution in [0.4, 0.5) is 4.79 Å². The molecule has 0 radical (unpaired) electrons. The number of carbonyl (C=O) groups is 2. The molecule has 1 fully saturated rings. The lowest BCUT2D eigenvalue weighted by Crippen LogP contribution is -2.45. The van der Waals surface area contributed by atoms with Crippen molar-refractivity contribution in [1.29, 1.82) is 0 Å². The summed E-state index contributed by atoms with van der Waals surface area (Å²) in [4.78, 5) is 24.7. The Kier molecular flexibility index (Phi) is 5.47. The Morgan fingerprint density at radius 3 is 2.44 bits per heavy atom. The number of hydrogen-bond acceptors (Lipinski definition) is 3. The van der Waals surface area contributed by atoms with E-state index in [2.05, 4.69) is 33.5 Å². The quantitative estimate of drug-likeness (QED) is 0.739. The molecular formula is C19H23BrN2O3. The average Bonchev–Trinajstić information content (AvgIpc) is 2.57. The first-order valence-corrected chi connectivity index (χ1v) is 9.48. The molecule has 2 N–H and O–H groups in total. The molecule has 25 heavy (non-hydrogen) atoms. The first kappa shape index (κ1) is 18.0. The topological polar surface area (TPSA) is 67.4 Å². The summed E-state index contributed by atoms with van der Waals surface area (Å²) >= 11 is 3.40. The van der Waals surface area contributed by atoms with Crippen molar-refractivity contribution in [2.24, 2.45) is 5.92 Å². The van der Waals surface area contributed by atoms with Gasteiger partial charge < -0.3 is 15.4 Å². The van der Waals surface area contributed by atoms with Crippen LogP contribution in [0.15, 0.2) is 40.0 Å². The van der Waals surface area contributed by atoms with Gasteiger partial charge in [-0.1, -0.05) is 35.0 Å². The van der Waals surface area contributed by atoms with E-state index in [0.717, 1.165) is 35.7 Å². The van der Waals surface area contributed by atoms with Crippen molar-refractivity contribution in [3.05, 3.63) is 45.6 Å². The molecule has 1 unspecified atom stereocenters. The van der Waals surface area contributed by atoms with Crippen LogP contribution in [0.25, 0.3) is 0 Å². The largest absolute Gasteiger partial charge is 0.459 e. The predicted octanol–water partition coefficient (Wildman–Crippen LogP) is 4.20. The van der Waals surface area contributed by atoms with Crippen LogP contribution in [0.3, 0.4) is 0 Å². The molecule has 2 amide bonds. The summed E-state index contributed by atoms with van der Waals surface area (Å²) in [6.45, 7) is 3.97. The number of rotatable bonds is 3. The van der Waals surface area contributed by atoms with Crippen LogP contribution >= 0.6 is 15.9 Å². The molecule has 0 bridgehead atoms. The lowest BCUT2D eigenvalue weighted by Gasteiger charge is -2.31. The Balaban J connectivity index is 1.82. The van der Waals surface area contributed by atoms with Gasteiger partial charge in [0.25, 0.3) is 0 Å². The van der Waals surface area contributed by atoms with Crippen LogP contribution in [0.1, 0.15) is 51.1 Å².